The summed E-state index contributed by atoms with van der Waals surface area (Å²) in [7, 11) is 0. The van der Waals surface area contributed by atoms with Crippen molar-refractivity contribution < 1.29 is 9.90 Å². The number of hydrogen-bond acceptors (Lipinski definition) is 5. The molecule has 0 saturated carbocycles. The van der Waals surface area contributed by atoms with Gasteiger partial charge in [0.2, 0.25) is 0 Å². The first-order chi connectivity index (χ1) is 11.6. The van der Waals surface area contributed by atoms with Crippen LogP contribution in [0.1, 0.15) is 21.6 Å². The summed E-state index contributed by atoms with van der Waals surface area (Å²) in [4.78, 5) is 17.0. The summed E-state index contributed by atoms with van der Waals surface area (Å²) in [6.45, 7) is 1.97. The van der Waals surface area contributed by atoms with Crippen molar-refractivity contribution in [2.24, 2.45) is 0 Å². The SMILES string of the molecule is Cc1csc(SCc2ccccc2C(=O)Nc2ccccc2O)n1. The lowest BCUT2D eigenvalue weighted by Crippen LogP contribution is -2.14. The van der Waals surface area contributed by atoms with Gasteiger partial charge in [0.25, 0.3) is 5.91 Å². The lowest BCUT2D eigenvalue weighted by atomic mass is 10.1. The van der Waals surface area contributed by atoms with Crippen LogP contribution in [-0.4, -0.2) is 16.0 Å². The van der Waals surface area contributed by atoms with E-state index in [1.54, 1.807) is 53.4 Å². The average Bonchev–Trinajstić information content (AvgIpc) is 3.01. The lowest BCUT2D eigenvalue weighted by Gasteiger charge is -2.10. The number of phenols is 1. The van der Waals surface area contributed by atoms with E-state index in [-0.39, 0.29) is 11.7 Å². The monoisotopic (exact) mass is 356 g/mol. The van der Waals surface area contributed by atoms with Gasteiger partial charge >= 0.3 is 0 Å². The van der Waals surface area contributed by atoms with Gasteiger partial charge in [0.05, 0.1) is 5.69 Å². The Hall–Kier alpha value is -2.31. The number of nitrogens with zero attached hydrogens (tertiary/aromatic N) is 1. The van der Waals surface area contributed by atoms with Gasteiger partial charge < -0.3 is 10.4 Å². The number of rotatable bonds is 5. The molecule has 6 heteroatoms. The molecule has 2 N–H and O–H groups in total. The van der Waals surface area contributed by atoms with Gasteiger partial charge in [-0.2, -0.15) is 0 Å². The Morgan fingerprint density at radius 1 is 1.21 bits per heavy atom. The van der Waals surface area contributed by atoms with E-state index in [1.807, 2.05) is 30.5 Å². The second-order valence-electron chi connectivity index (χ2n) is 5.17. The summed E-state index contributed by atoms with van der Waals surface area (Å²) < 4.78 is 0.989. The van der Waals surface area contributed by atoms with Crippen molar-refractivity contribution in [1.29, 1.82) is 0 Å². The Labute approximate surface area is 148 Å². The van der Waals surface area contributed by atoms with Crippen LogP contribution >= 0.6 is 23.1 Å². The molecule has 0 bridgehead atoms. The van der Waals surface area contributed by atoms with Crippen molar-refractivity contribution in [1.82, 2.24) is 4.98 Å². The Bertz CT molecular complexity index is 861. The summed E-state index contributed by atoms with van der Waals surface area (Å²) in [5, 5.41) is 14.6. The summed E-state index contributed by atoms with van der Waals surface area (Å²) in [5.41, 5.74) is 2.94. The van der Waals surface area contributed by atoms with Crippen molar-refractivity contribution in [3.63, 3.8) is 0 Å². The average molecular weight is 356 g/mol. The van der Waals surface area contributed by atoms with Crippen LogP contribution in [0.15, 0.2) is 58.3 Å². The maximum atomic E-state index is 12.6. The number of para-hydroxylation sites is 2. The summed E-state index contributed by atoms with van der Waals surface area (Å²) in [6, 6.07) is 14.2. The van der Waals surface area contributed by atoms with E-state index in [0.717, 1.165) is 15.6 Å². The molecule has 4 nitrogen and oxygen atoms in total. The second kappa shape index (κ2) is 7.51. The van der Waals surface area contributed by atoms with Crippen molar-refractivity contribution in [3.8, 4) is 5.75 Å². The lowest BCUT2D eigenvalue weighted by molar-refractivity contribution is 0.102. The summed E-state index contributed by atoms with van der Waals surface area (Å²) in [5.74, 6) is 0.483. The highest BCUT2D eigenvalue weighted by Gasteiger charge is 2.13. The summed E-state index contributed by atoms with van der Waals surface area (Å²) >= 11 is 3.22. The molecule has 0 aliphatic rings. The van der Waals surface area contributed by atoms with E-state index in [1.165, 1.54) is 0 Å². The number of carbonyl (C=O) groups excluding carboxylic acids is 1. The Kier molecular flexibility index (Phi) is 5.17. The predicted molar refractivity (Wildman–Crippen MR) is 98.9 cm³/mol. The highest BCUT2D eigenvalue weighted by atomic mass is 32.2. The Balaban J connectivity index is 1.75. The minimum atomic E-state index is -0.233. The van der Waals surface area contributed by atoms with Crippen molar-refractivity contribution in [2.75, 3.05) is 5.32 Å². The number of thioether (sulfide) groups is 1. The minimum absolute atomic E-state index is 0.0518. The first-order valence-corrected chi connectivity index (χ1v) is 9.22. The van der Waals surface area contributed by atoms with Crippen LogP contribution in [0.5, 0.6) is 5.75 Å². The van der Waals surface area contributed by atoms with Crippen LogP contribution in [0, 0.1) is 6.92 Å². The van der Waals surface area contributed by atoms with E-state index in [0.29, 0.717) is 17.0 Å². The van der Waals surface area contributed by atoms with Gasteiger partial charge in [-0.3, -0.25) is 4.79 Å². The highest BCUT2D eigenvalue weighted by Crippen LogP contribution is 2.28. The molecular weight excluding hydrogens is 340 g/mol. The number of benzene rings is 2. The van der Waals surface area contributed by atoms with E-state index in [4.69, 9.17) is 0 Å². The number of phenolic OH excluding ortho intramolecular Hbond substituents is 1. The van der Waals surface area contributed by atoms with Crippen LogP contribution < -0.4 is 5.32 Å². The first kappa shape index (κ1) is 16.5. The van der Waals surface area contributed by atoms with Gasteiger partial charge in [0.1, 0.15) is 10.1 Å². The third-order valence-corrected chi connectivity index (χ3v) is 5.55. The van der Waals surface area contributed by atoms with Crippen molar-refractivity contribution in [2.45, 2.75) is 17.0 Å². The van der Waals surface area contributed by atoms with Gasteiger partial charge in [-0.15, -0.1) is 11.3 Å². The molecule has 0 atom stereocenters. The molecule has 0 aliphatic carbocycles. The number of amides is 1. The standard InChI is InChI=1S/C18H16N2O2S2/c1-12-10-23-18(19-12)24-11-13-6-2-3-7-14(13)17(22)20-15-8-4-5-9-16(15)21/h2-10,21H,11H2,1H3,(H,20,22). The topological polar surface area (TPSA) is 62.2 Å². The number of anilines is 1. The summed E-state index contributed by atoms with van der Waals surface area (Å²) in [6.07, 6.45) is 0. The number of aromatic hydroxyl groups is 1. The molecule has 0 fully saturated rings. The van der Waals surface area contributed by atoms with Gasteiger partial charge in [-0.25, -0.2) is 4.98 Å². The predicted octanol–water partition coefficient (Wildman–Crippen LogP) is 4.70. The normalized spacial score (nSPS) is 10.5. The van der Waals surface area contributed by atoms with E-state index in [9.17, 15) is 9.90 Å². The van der Waals surface area contributed by atoms with Crippen LogP contribution in [0.4, 0.5) is 5.69 Å². The quantitative estimate of drug-likeness (QED) is 0.514. The van der Waals surface area contributed by atoms with E-state index < -0.39 is 0 Å². The molecule has 122 valence electrons. The van der Waals surface area contributed by atoms with Gasteiger partial charge in [-0.05, 0) is 30.7 Å². The molecule has 1 aromatic heterocycles. The zero-order valence-corrected chi connectivity index (χ0v) is 14.7. The molecule has 3 aromatic rings. The van der Waals surface area contributed by atoms with Crippen LogP contribution in [0.2, 0.25) is 0 Å². The number of thiazole rings is 1. The maximum absolute atomic E-state index is 12.6. The van der Waals surface area contributed by atoms with E-state index >= 15 is 0 Å². The van der Waals surface area contributed by atoms with Crippen LogP contribution in [0.25, 0.3) is 0 Å². The number of nitrogens with one attached hydrogen (secondary N) is 1. The second-order valence-corrected chi connectivity index (χ2v) is 7.25. The van der Waals surface area contributed by atoms with Gasteiger partial charge in [-0.1, -0.05) is 42.1 Å². The fraction of sp³-hybridized carbons (Fsp3) is 0.111. The Morgan fingerprint density at radius 2 is 1.96 bits per heavy atom. The number of aryl methyl sites for hydroxylation is 1. The fourth-order valence-electron chi connectivity index (χ4n) is 2.17. The van der Waals surface area contributed by atoms with Crippen molar-refractivity contribution >= 4 is 34.7 Å². The number of aromatic nitrogens is 1. The molecule has 2 aromatic carbocycles. The zero-order chi connectivity index (χ0) is 16.9. The third kappa shape index (κ3) is 3.96. The maximum Gasteiger partial charge on any atom is 0.256 e. The smallest absolute Gasteiger partial charge is 0.256 e. The first-order valence-electron chi connectivity index (χ1n) is 7.35. The highest BCUT2D eigenvalue weighted by molar-refractivity contribution is 8.00. The molecule has 0 radical (unpaired) electrons. The fourth-order valence-corrected chi connectivity index (χ4v) is 4.03. The molecular formula is C18H16N2O2S2. The Morgan fingerprint density at radius 3 is 2.71 bits per heavy atom. The van der Waals surface area contributed by atoms with Crippen LogP contribution in [0.3, 0.4) is 0 Å². The van der Waals surface area contributed by atoms with E-state index in [2.05, 4.69) is 10.3 Å². The molecule has 3 rings (SSSR count). The molecule has 0 spiro atoms. The van der Waals surface area contributed by atoms with Gasteiger partial charge in [0, 0.05) is 22.4 Å². The van der Waals surface area contributed by atoms with Crippen LogP contribution in [-0.2, 0) is 5.75 Å². The molecule has 1 heterocycles. The van der Waals surface area contributed by atoms with Crippen molar-refractivity contribution in [3.05, 3.63) is 70.7 Å². The molecule has 24 heavy (non-hydrogen) atoms. The zero-order valence-electron chi connectivity index (χ0n) is 13.0. The van der Waals surface area contributed by atoms with Gasteiger partial charge in [0.15, 0.2) is 0 Å². The largest absolute Gasteiger partial charge is 0.506 e. The molecule has 0 unspecified atom stereocenters. The molecule has 0 aliphatic heterocycles. The molecule has 1 amide bonds. The number of hydrogen-bond donors (Lipinski definition) is 2. The third-order valence-electron chi connectivity index (χ3n) is 3.36. The molecule has 0 saturated heterocycles. The minimum Gasteiger partial charge on any atom is -0.506 e. The number of carbonyl (C=O) groups is 1.